The standard InChI is InChI=1S/C14H15FN2O/c1-18-14-6-5-10(8-11(14)15)9-12(16)13-4-2-3-7-17-13/h2-8,12H,9,16H2,1H3. The Morgan fingerprint density at radius 2 is 2.17 bits per heavy atom. The molecular formula is C14H15FN2O. The topological polar surface area (TPSA) is 48.1 Å². The lowest BCUT2D eigenvalue weighted by Gasteiger charge is -2.11. The first-order valence-electron chi connectivity index (χ1n) is 5.69. The van der Waals surface area contributed by atoms with Crippen LogP contribution in [0.3, 0.4) is 0 Å². The summed E-state index contributed by atoms with van der Waals surface area (Å²) < 4.78 is 18.4. The van der Waals surface area contributed by atoms with Crippen LogP contribution in [-0.2, 0) is 6.42 Å². The summed E-state index contributed by atoms with van der Waals surface area (Å²) in [4.78, 5) is 4.19. The SMILES string of the molecule is COc1ccc(CC(N)c2ccccn2)cc1F. The van der Waals surface area contributed by atoms with E-state index < -0.39 is 0 Å². The third-order valence-corrected chi connectivity index (χ3v) is 2.74. The lowest BCUT2D eigenvalue weighted by Crippen LogP contribution is -2.14. The molecule has 4 heteroatoms. The van der Waals surface area contributed by atoms with E-state index in [9.17, 15) is 4.39 Å². The van der Waals surface area contributed by atoms with Crippen LogP contribution in [0.5, 0.6) is 5.75 Å². The number of nitrogens with two attached hydrogens (primary N) is 1. The molecule has 3 nitrogen and oxygen atoms in total. The fourth-order valence-corrected chi connectivity index (χ4v) is 1.79. The van der Waals surface area contributed by atoms with E-state index in [0.29, 0.717) is 6.42 Å². The molecule has 0 aliphatic rings. The van der Waals surface area contributed by atoms with Gasteiger partial charge in [-0.05, 0) is 36.2 Å². The van der Waals surface area contributed by atoms with Gasteiger partial charge in [-0.15, -0.1) is 0 Å². The molecule has 1 aromatic heterocycles. The first-order valence-corrected chi connectivity index (χ1v) is 5.69. The van der Waals surface area contributed by atoms with Gasteiger partial charge in [0.05, 0.1) is 18.8 Å². The van der Waals surface area contributed by atoms with Crippen LogP contribution in [0.25, 0.3) is 0 Å². The highest BCUT2D eigenvalue weighted by molar-refractivity contribution is 5.30. The van der Waals surface area contributed by atoms with Crippen LogP contribution in [0, 0.1) is 5.82 Å². The first kappa shape index (κ1) is 12.5. The number of halogens is 1. The van der Waals surface area contributed by atoms with E-state index in [1.807, 2.05) is 24.3 Å². The van der Waals surface area contributed by atoms with Crippen LogP contribution < -0.4 is 10.5 Å². The van der Waals surface area contributed by atoms with Crippen LogP contribution in [0.1, 0.15) is 17.3 Å². The molecule has 0 aliphatic heterocycles. The molecule has 0 radical (unpaired) electrons. The smallest absolute Gasteiger partial charge is 0.165 e. The minimum atomic E-state index is -0.372. The fourth-order valence-electron chi connectivity index (χ4n) is 1.79. The summed E-state index contributed by atoms with van der Waals surface area (Å²) in [5.74, 6) is -0.131. The van der Waals surface area contributed by atoms with Gasteiger partial charge in [0.2, 0.25) is 0 Å². The van der Waals surface area contributed by atoms with Crippen molar-refractivity contribution in [2.45, 2.75) is 12.5 Å². The molecule has 18 heavy (non-hydrogen) atoms. The third kappa shape index (κ3) is 2.84. The van der Waals surface area contributed by atoms with Crippen molar-refractivity contribution in [3.8, 4) is 5.75 Å². The summed E-state index contributed by atoms with van der Waals surface area (Å²) >= 11 is 0. The summed E-state index contributed by atoms with van der Waals surface area (Å²) in [5, 5.41) is 0. The van der Waals surface area contributed by atoms with Gasteiger partial charge in [-0.25, -0.2) is 4.39 Å². The molecule has 2 aromatic rings. The van der Waals surface area contributed by atoms with Gasteiger partial charge in [0, 0.05) is 6.20 Å². The zero-order valence-corrected chi connectivity index (χ0v) is 10.1. The molecule has 0 amide bonds. The fraction of sp³-hybridized carbons (Fsp3) is 0.214. The van der Waals surface area contributed by atoms with Gasteiger partial charge < -0.3 is 10.5 Å². The molecule has 0 fully saturated rings. The predicted octanol–water partition coefficient (Wildman–Crippen LogP) is 2.47. The van der Waals surface area contributed by atoms with Crippen LogP contribution in [-0.4, -0.2) is 12.1 Å². The van der Waals surface area contributed by atoms with Crippen LogP contribution in [0.2, 0.25) is 0 Å². The van der Waals surface area contributed by atoms with Gasteiger partial charge in [-0.3, -0.25) is 4.98 Å². The molecule has 2 N–H and O–H groups in total. The molecule has 1 aromatic carbocycles. The normalized spacial score (nSPS) is 12.2. The van der Waals surface area contributed by atoms with Gasteiger partial charge >= 0.3 is 0 Å². The van der Waals surface area contributed by atoms with E-state index in [-0.39, 0.29) is 17.6 Å². The summed E-state index contributed by atoms with van der Waals surface area (Å²) in [6, 6.07) is 10.2. The number of hydrogen-bond donors (Lipinski definition) is 1. The molecular weight excluding hydrogens is 231 g/mol. The zero-order valence-electron chi connectivity index (χ0n) is 10.1. The van der Waals surface area contributed by atoms with Crippen molar-refractivity contribution in [2.75, 3.05) is 7.11 Å². The summed E-state index contributed by atoms with van der Waals surface area (Å²) in [5.41, 5.74) is 7.66. The van der Waals surface area contributed by atoms with Crippen molar-refractivity contribution in [3.05, 3.63) is 59.7 Å². The van der Waals surface area contributed by atoms with Crippen molar-refractivity contribution in [1.82, 2.24) is 4.98 Å². The summed E-state index contributed by atoms with van der Waals surface area (Å²) in [6.45, 7) is 0. The van der Waals surface area contributed by atoms with Gasteiger partial charge in [-0.1, -0.05) is 12.1 Å². The molecule has 0 bridgehead atoms. The highest BCUT2D eigenvalue weighted by Gasteiger charge is 2.10. The van der Waals surface area contributed by atoms with Gasteiger partial charge in [0.25, 0.3) is 0 Å². The Morgan fingerprint density at radius 3 is 2.78 bits per heavy atom. The number of pyridine rings is 1. The maximum Gasteiger partial charge on any atom is 0.165 e. The number of ether oxygens (including phenoxy) is 1. The Kier molecular flexibility index (Phi) is 3.89. The number of rotatable bonds is 4. The Labute approximate surface area is 105 Å². The Bertz CT molecular complexity index is 516. The Balaban J connectivity index is 2.12. The highest BCUT2D eigenvalue weighted by atomic mass is 19.1. The van der Waals surface area contributed by atoms with Crippen molar-refractivity contribution < 1.29 is 9.13 Å². The molecule has 1 atom stereocenters. The van der Waals surface area contributed by atoms with Crippen LogP contribution in [0.15, 0.2) is 42.6 Å². The van der Waals surface area contributed by atoms with Crippen molar-refractivity contribution in [3.63, 3.8) is 0 Å². The average Bonchev–Trinajstić information content (AvgIpc) is 2.40. The van der Waals surface area contributed by atoms with E-state index in [1.165, 1.54) is 13.2 Å². The predicted molar refractivity (Wildman–Crippen MR) is 67.8 cm³/mol. The number of benzene rings is 1. The minimum absolute atomic E-state index is 0.237. The maximum atomic E-state index is 13.5. The van der Waals surface area contributed by atoms with E-state index in [2.05, 4.69) is 4.98 Å². The minimum Gasteiger partial charge on any atom is -0.494 e. The monoisotopic (exact) mass is 246 g/mol. The second-order valence-corrected chi connectivity index (χ2v) is 4.03. The Morgan fingerprint density at radius 1 is 1.33 bits per heavy atom. The molecule has 0 aliphatic carbocycles. The molecule has 2 rings (SSSR count). The molecule has 0 saturated heterocycles. The first-order chi connectivity index (χ1) is 8.70. The molecule has 1 heterocycles. The maximum absolute atomic E-state index is 13.5. The largest absolute Gasteiger partial charge is 0.494 e. The number of nitrogens with zero attached hydrogens (tertiary/aromatic N) is 1. The number of aromatic nitrogens is 1. The number of methoxy groups -OCH3 is 1. The number of hydrogen-bond acceptors (Lipinski definition) is 3. The lowest BCUT2D eigenvalue weighted by molar-refractivity contribution is 0.386. The second kappa shape index (κ2) is 5.60. The quantitative estimate of drug-likeness (QED) is 0.901. The van der Waals surface area contributed by atoms with E-state index in [1.54, 1.807) is 12.3 Å². The summed E-state index contributed by atoms with van der Waals surface area (Å²) in [6.07, 6.45) is 2.24. The average molecular weight is 246 g/mol. The second-order valence-electron chi connectivity index (χ2n) is 4.03. The highest BCUT2D eigenvalue weighted by Crippen LogP contribution is 2.20. The molecule has 0 spiro atoms. The van der Waals surface area contributed by atoms with Crippen molar-refractivity contribution >= 4 is 0 Å². The van der Waals surface area contributed by atoms with Crippen molar-refractivity contribution in [2.24, 2.45) is 5.73 Å². The van der Waals surface area contributed by atoms with E-state index in [4.69, 9.17) is 10.5 Å². The molecule has 94 valence electrons. The van der Waals surface area contributed by atoms with E-state index >= 15 is 0 Å². The van der Waals surface area contributed by atoms with Crippen molar-refractivity contribution in [1.29, 1.82) is 0 Å². The van der Waals surface area contributed by atoms with Gasteiger partial charge in [0.15, 0.2) is 11.6 Å². The third-order valence-electron chi connectivity index (χ3n) is 2.74. The van der Waals surface area contributed by atoms with Crippen LogP contribution >= 0.6 is 0 Å². The lowest BCUT2D eigenvalue weighted by atomic mass is 10.0. The summed E-state index contributed by atoms with van der Waals surface area (Å²) in [7, 11) is 1.44. The van der Waals surface area contributed by atoms with Gasteiger partial charge in [-0.2, -0.15) is 0 Å². The zero-order chi connectivity index (χ0) is 13.0. The molecule has 1 unspecified atom stereocenters. The van der Waals surface area contributed by atoms with Gasteiger partial charge in [0.1, 0.15) is 0 Å². The molecule has 0 saturated carbocycles. The van der Waals surface area contributed by atoms with E-state index in [0.717, 1.165) is 11.3 Å². The van der Waals surface area contributed by atoms with Crippen LogP contribution in [0.4, 0.5) is 4.39 Å². The Hall–Kier alpha value is -1.94.